The van der Waals surface area contributed by atoms with E-state index in [0.29, 0.717) is 5.56 Å². The fourth-order valence-electron chi connectivity index (χ4n) is 1.17. The zero-order valence-electron chi connectivity index (χ0n) is 8.04. The number of rotatable bonds is 4. The van der Waals surface area contributed by atoms with Crippen molar-refractivity contribution in [3.05, 3.63) is 39.9 Å². The van der Waals surface area contributed by atoms with Gasteiger partial charge in [-0.3, -0.25) is 10.1 Å². The van der Waals surface area contributed by atoms with Crippen LogP contribution in [0.25, 0.3) is 0 Å². The van der Waals surface area contributed by atoms with Crippen molar-refractivity contribution in [3.8, 4) is 0 Å². The summed E-state index contributed by atoms with van der Waals surface area (Å²) >= 11 is 0. The summed E-state index contributed by atoms with van der Waals surface area (Å²) in [7, 11) is 0. The number of non-ortho nitro benzene ring substituents is 1. The summed E-state index contributed by atoms with van der Waals surface area (Å²) in [6, 6.07) is 5.02. The van der Waals surface area contributed by atoms with Crippen LogP contribution in [-0.2, 0) is 0 Å². The summed E-state index contributed by atoms with van der Waals surface area (Å²) in [6.07, 6.45) is -0.893. The van der Waals surface area contributed by atoms with Gasteiger partial charge in [0.25, 0.3) is 5.69 Å². The Kier molecular flexibility index (Phi) is 3.73. The maximum absolute atomic E-state index is 10.4. The van der Waals surface area contributed by atoms with Gasteiger partial charge in [-0.05, 0) is 17.7 Å². The third-order valence-electron chi connectivity index (χ3n) is 2.12. The predicted molar refractivity (Wildman–Crippen MR) is 55.1 cm³/mol. The van der Waals surface area contributed by atoms with Gasteiger partial charge in [0.1, 0.15) is 0 Å². The van der Waals surface area contributed by atoms with Gasteiger partial charge in [-0.15, -0.1) is 0 Å². The molecule has 0 aromatic heterocycles. The maximum Gasteiger partial charge on any atom is 0.269 e. The normalized spacial score (nSPS) is 14.6. The molecular formula is C9H13N3O3. The number of nitro groups is 1. The van der Waals surface area contributed by atoms with Crippen LogP contribution < -0.4 is 11.5 Å². The van der Waals surface area contributed by atoms with E-state index < -0.39 is 17.1 Å². The number of nitro benzene ring substituents is 1. The van der Waals surface area contributed by atoms with Crippen LogP contribution >= 0.6 is 0 Å². The lowest BCUT2D eigenvalue weighted by atomic mass is 10.0. The molecule has 1 aromatic rings. The van der Waals surface area contributed by atoms with Crippen LogP contribution in [-0.4, -0.2) is 22.6 Å². The van der Waals surface area contributed by atoms with Crippen molar-refractivity contribution in [3.63, 3.8) is 0 Å². The number of aliphatic hydroxyl groups is 1. The monoisotopic (exact) mass is 211 g/mol. The molecule has 0 unspecified atom stereocenters. The quantitative estimate of drug-likeness (QED) is 0.475. The molecule has 0 saturated carbocycles. The lowest BCUT2D eigenvalue weighted by Gasteiger charge is -2.16. The highest BCUT2D eigenvalue weighted by molar-refractivity contribution is 5.34. The SMILES string of the molecule is NC[C@H](N)[C@@H](O)c1ccc([N+](=O)[O-])cc1. The lowest BCUT2D eigenvalue weighted by Crippen LogP contribution is -2.35. The second kappa shape index (κ2) is 4.83. The van der Waals surface area contributed by atoms with Gasteiger partial charge in [-0.1, -0.05) is 0 Å². The van der Waals surface area contributed by atoms with Gasteiger partial charge < -0.3 is 16.6 Å². The molecular weight excluding hydrogens is 198 g/mol. The maximum atomic E-state index is 10.4. The molecule has 0 saturated heterocycles. The molecule has 82 valence electrons. The van der Waals surface area contributed by atoms with Crippen molar-refractivity contribution in [1.29, 1.82) is 0 Å². The largest absolute Gasteiger partial charge is 0.387 e. The molecule has 0 aliphatic carbocycles. The van der Waals surface area contributed by atoms with E-state index in [9.17, 15) is 15.2 Å². The Morgan fingerprint density at radius 3 is 2.33 bits per heavy atom. The molecule has 0 aliphatic rings. The molecule has 1 rings (SSSR count). The zero-order chi connectivity index (χ0) is 11.4. The molecule has 0 radical (unpaired) electrons. The zero-order valence-corrected chi connectivity index (χ0v) is 8.04. The average molecular weight is 211 g/mol. The molecule has 0 heterocycles. The topological polar surface area (TPSA) is 115 Å². The van der Waals surface area contributed by atoms with Gasteiger partial charge in [0.15, 0.2) is 0 Å². The fraction of sp³-hybridized carbons (Fsp3) is 0.333. The Hall–Kier alpha value is -1.50. The van der Waals surface area contributed by atoms with E-state index in [2.05, 4.69) is 0 Å². The van der Waals surface area contributed by atoms with Gasteiger partial charge in [0, 0.05) is 24.7 Å². The summed E-state index contributed by atoms with van der Waals surface area (Å²) in [6.45, 7) is 0.151. The van der Waals surface area contributed by atoms with Gasteiger partial charge >= 0.3 is 0 Å². The van der Waals surface area contributed by atoms with Crippen molar-refractivity contribution in [2.75, 3.05) is 6.54 Å². The minimum absolute atomic E-state index is 0.0210. The number of hydrogen-bond acceptors (Lipinski definition) is 5. The van der Waals surface area contributed by atoms with Crippen molar-refractivity contribution < 1.29 is 10.0 Å². The molecule has 15 heavy (non-hydrogen) atoms. The summed E-state index contributed by atoms with van der Waals surface area (Å²) in [5.74, 6) is 0. The fourth-order valence-corrected chi connectivity index (χ4v) is 1.17. The Balaban J connectivity index is 2.84. The molecule has 0 fully saturated rings. The van der Waals surface area contributed by atoms with E-state index in [4.69, 9.17) is 11.5 Å². The van der Waals surface area contributed by atoms with E-state index in [-0.39, 0.29) is 12.2 Å². The molecule has 0 aliphatic heterocycles. The average Bonchev–Trinajstić information content (AvgIpc) is 2.27. The Labute approximate surface area is 86.7 Å². The molecule has 0 bridgehead atoms. The summed E-state index contributed by atoms with van der Waals surface area (Å²) < 4.78 is 0. The first kappa shape index (κ1) is 11.6. The summed E-state index contributed by atoms with van der Waals surface area (Å²) in [5, 5.41) is 20.0. The standard InChI is InChI=1S/C9H13N3O3/c10-5-8(11)9(13)6-1-3-7(4-2-6)12(14)15/h1-4,8-9,13H,5,10-11H2/t8-,9-/m0/s1. The van der Waals surface area contributed by atoms with Crippen molar-refractivity contribution in [1.82, 2.24) is 0 Å². The van der Waals surface area contributed by atoms with Crippen molar-refractivity contribution in [2.24, 2.45) is 11.5 Å². The predicted octanol–water partition coefficient (Wildman–Crippen LogP) is -0.0858. The van der Waals surface area contributed by atoms with E-state index in [1.807, 2.05) is 0 Å². The second-order valence-corrected chi connectivity index (χ2v) is 3.19. The van der Waals surface area contributed by atoms with Crippen LogP contribution in [0.3, 0.4) is 0 Å². The van der Waals surface area contributed by atoms with E-state index >= 15 is 0 Å². The van der Waals surface area contributed by atoms with Gasteiger partial charge in [0.2, 0.25) is 0 Å². The first-order chi connectivity index (χ1) is 7.06. The van der Waals surface area contributed by atoms with Crippen LogP contribution in [0.15, 0.2) is 24.3 Å². The van der Waals surface area contributed by atoms with Crippen LogP contribution in [0.4, 0.5) is 5.69 Å². The van der Waals surface area contributed by atoms with E-state index in [1.54, 1.807) is 0 Å². The summed E-state index contributed by atoms with van der Waals surface area (Å²) in [5.41, 5.74) is 11.3. The Morgan fingerprint density at radius 2 is 1.93 bits per heavy atom. The van der Waals surface area contributed by atoms with Crippen LogP contribution in [0.1, 0.15) is 11.7 Å². The first-order valence-electron chi connectivity index (χ1n) is 4.44. The van der Waals surface area contributed by atoms with Crippen LogP contribution in [0.2, 0.25) is 0 Å². The van der Waals surface area contributed by atoms with Gasteiger partial charge in [0.05, 0.1) is 11.0 Å². The highest BCUT2D eigenvalue weighted by Crippen LogP contribution is 2.19. The van der Waals surface area contributed by atoms with Gasteiger partial charge in [-0.2, -0.15) is 0 Å². The van der Waals surface area contributed by atoms with Crippen LogP contribution in [0, 0.1) is 10.1 Å². The smallest absolute Gasteiger partial charge is 0.269 e. The highest BCUT2D eigenvalue weighted by Gasteiger charge is 2.16. The minimum atomic E-state index is -0.893. The highest BCUT2D eigenvalue weighted by atomic mass is 16.6. The van der Waals surface area contributed by atoms with Gasteiger partial charge in [-0.25, -0.2) is 0 Å². The number of benzene rings is 1. The minimum Gasteiger partial charge on any atom is -0.387 e. The molecule has 5 N–H and O–H groups in total. The number of nitrogens with zero attached hydrogens (tertiary/aromatic N) is 1. The number of hydrogen-bond donors (Lipinski definition) is 3. The van der Waals surface area contributed by atoms with Crippen molar-refractivity contribution in [2.45, 2.75) is 12.1 Å². The third-order valence-corrected chi connectivity index (χ3v) is 2.12. The molecule has 0 spiro atoms. The second-order valence-electron chi connectivity index (χ2n) is 3.19. The molecule has 1 aromatic carbocycles. The number of aliphatic hydroxyl groups excluding tert-OH is 1. The molecule has 2 atom stereocenters. The third kappa shape index (κ3) is 2.72. The molecule has 6 nitrogen and oxygen atoms in total. The molecule has 0 amide bonds. The van der Waals surface area contributed by atoms with Crippen LogP contribution in [0.5, 0.6) is 0 Å². The summed E-state index contributed by atoms with van der Waals surface area (Å²) in [4.78, 5) is 9.87. The molecule has 6 heteroatoms. The Bertz CT molecular complexity index is 339. The first-order valence-corrected chi connectivity index (χ1v) is 4.44. The van der Waals surface area contributed by atoms with Crippen molar-refractivity contribution >= 4 is 5.69 Å². The lowest BCUT2D eigenvalue weighted by molar-refractivity contribution is -0.384. The Morgan fingerprint density at radius 1 is 1.40 bits per heavy atom. The van der Waals surface area contributed by atoms with E-state index in [1.165, 1.54) is 24.3 Å². The van der Waals surface area contributed by atoms with E-state index in [0.717, 1.165) is 0 Å². The number of nitrogens with two attached hydrogens (primary N) is 2.